The number of amides is 1. The van der Waals surface area contributed by atoms with E-state index in [1.54, 1.807) is 31.0 Å². The first-order chi connectivity index (χ1) is 12.1. The molecule has 0 spiro atoms. The van der Waals surface area contributed by atoms with E-state index in [1.807, 2.05) is 43.3 Å². The zero-order valence-corrected chi connectivity index (χ0v) is 15.0. The number of thioether (sulfide) groups is 1. The number of hydrogen-bond acceptors (Lipinski definition) is 5. The van der Waals surface area contributed by atoms with Crippen LogP contribution in [0.4, 0.5) is 5.69 Å². The van der Waals surface area contributed by atoms with Gasteiger partial charge in [-0.25, -0.2) is 0 Å². The summed E-state index contributed by atoms with van der Waals surface area (Å²) in [7, 11) is 1.55. The summed E-state index contributed by atoms with van der Waals surface area (Å²) in [5.41, 5.74) is 0.714. The van der Waals surface area contributed by atoms with Crippen molar-refractivity contribution in [3.8, 4) is 17.6 Å². The quantitative estimate of drug-likeness (QED) is 0.725. The standard InChI is InChI=1S/C19H20N2O3S/c1-14(11-20)13-25-18-10-6-3-7-15(18)21-19(22)12-24-17-9-5-4-8-16(17)23-2/h3-10,14H,12-13H2,1-2H3,(H,21,22)/t14-/m1/s1. The minimum absolute atomic E-state index is 0.0531. The molecule has 0 aliphatic heterocycles. The van der Waals surface area contributed by atoms with Crippen molar-refractivity contribution in [3.05, 3.63) is 48.5 Å². The minimum atomic E-state index is -0.257. The molecule has 6 heteroatoms. The maximum absolute atomic E-state index is 12.2. The van der Waals surface area contributed by atoms with Gasteiger partial charge in [-0.05, 0) is 31.2 Å². The molecule has 130 valence electrons. The Balaban J connectivity index is 1.95. The highest BCUT2D eigenvalue weighted by molar-refractivity contribution is 7.99. The van der Waals surface area contributed by atoms with Crippen molar-refractivity contribution in [2.45, 2.75) is 11.8 Å². The molecule has 0 bridgehead atoms. The predicted molar refractivity (Wildman–Crippen MR) is 99.1 cm³/mol. The molecular formula is C19H20N2O3S. The van der Waals surface area contributed by atoms with Crippen molar-refractivity contribution >= 4 is 23.4 Å². The number of nitrogens with zero attached hydrogens (tertiary/aromatic N) is 1. The van der Waals surface area contributed by atoms with Crippen LogP contribution in [0.1, 0.15) is 6.92 Å². The van der Waals surface area contributed by atoms with E-state index in [1.165, 1.54) is 0 Å². The van der Waals surface area contributed by atoms with Gasteiger partial charge < -0.3 is 14.8 Å². The maximum atomic E-state index is 12.2. The third-order valence-corrected chi connectivity index (χ3v) is 4.63. The Hall–Kier alpha value is -2.65. The van der Waals surface area contributed by atoms with E-state index in [-0.39, 0.29) is 18.4 Å². The minimum Gasteiger partial charge on any atom is -0.493 e. The second-order valence-electron chi connectivity index (χ2n) is 5.33. The van der Waals surface area contributed by atoms with Gasteiger partial charge in [0.1, 0.15) is 0 Å². The van der Waals surface area contributed by atoms with Gasteiger partial charge in [0.15, 0.2) is 18.1 Å². The first-order valence-electron chi connectivity index (χ1n) is 7.81. The van der Waals surface area contributed by atoms with Gasteiger partial charge in [-0.1, -0.05) is 24.3 Å². The van der Waals surface area contributed by atoms with Gasteiger partial charge in [-0.3, -0.25) is 4.79 Å². The van der Waals surface area contributed by atoms with Crippen LogP contribution in [0.2, 0.25) is 0 Å². The van der Waals surface area contributed by atoms with E-state index in [0.717, 1.165) is 4.90 Å². The first-order valence-corrected chi connectivity index (χ1v) is 8.79. The number of nitriles is 1. The highest BCUT2D eigenvalue weighted by Crippen LogP contribution is 2.29. The molecule has 25 heavy (non-hydrogen) atoms. The van der Waals surface area contributed by atoms with Crippen molar-refractivity contribution in [1.82, 2.24) is 0 Å². The SMILES string of the molecule is COc1ccccc1OCC(=O)Nc1ccccc1SC[C@H](C)C#N. The van der Waals surface area contributed by atoms with Crippen LogP contribution >= 0.6 is 11.8 Å². The number of hydrogen-bond donors (Lipinski definition) is 1. The maximum Gasteiger partial charge on any atom is 0.262 e. The number of benzene rings is 2. The fraction of sp³-hybridized carbons (Fsp3) is 0.263. The molecule has 0 fully saturated rings. The first kappa shape index (κ1) is 18.7. The van der Waals surface area contributed by atoms with E-state index < -0.39 is 0 Å². The van der Waals surface area contributed by atoms with Crippen LogP contribution in [0.25, 0.3) is 0 Å². The summed E-state index contributed by atoms with van der Waals surface area (Å²) in [6.07, 6.45) is 0. The lowest BCUT2D eigenvalue weighted by Gasteiger charge is -2.13. The molecule has 1 atom stereocenters. The van der Waals surface area contributed by atoms with E-state index in [9.17, 15) is 4.79 Å². The van der Waals surface area contributed by atoms with Gasteiger partial charge >= 0.3 is 0 Å². The molecule has 0 unspecified atom stereocenters. The van der Waals surface area contributed by atoms with Gasteiger partial charge in [0, 0.05) is 10.6 Å². The summed E-state index contributed by atoms with van der Waals surface area (Å²) in [6, 6.07) is 16.9. The van der Waals surface area contributed by atoms with Crippen molar-refractivity contribution in [2.75, 3.05) is 24.8 Å². The van der Waals surface area contributed by atoms with Crippen LogP contribution in [0.3, 0.4) is 0 Å². The molecule has 0 aliphatic carbocycles. The third-order valence-electron chi connectivity index (χ3n) is 3.30. The molecule has 2 aromatic rings. The molecule has 2 aromatic carbocycles. The van der Waals surface area contributed by atoms with Crippen molar-refractivity contribution in [2.24, 2.45) is 5.92 Å². The summed E-state index contributed by atoms with van der Waals surface area (Å²) in [5.74, 6) is 1.46. The van der Waals surface area contributed by atoms with E-state index in [0.29, 0.717) is 22.9 Å². The molecule has 1 amide bonds. The third kappa shape index (κ3) is 5.73. The smallest absolute Gasteiger partial charge is 0.262 e. The Bertz CT molecular complexity index is 758. The lowest BCUT2D eigenvalue weighted by Crippen LogP contribution is -2.20. The van der Waals surface area contributed by atoms with Crippen molar-refractivity contribution in [1.29, 1.82) is 5.26 Å². The van der Waals surface area contributed by atoms with E-state index in [2.05, 4.69) is 11.4 Å². The second kappa shape index (κ2) is 9.60. The molecule has 5 nitrogen and oxygen atoms in total. The summed E-state index contributed by atoms with van der Waals surface area (Å²) < 4.78 is 10.7. The number of anilines is 1. The van der Waals surface area contributed by atoms with Crippen LogP contribution in [0, 0.1) is 17.2 Å². The molecule has 2 rings (SSSR count). The van der Waals surface area contributed by atoms with Gasteiger partial charge in [-0.15, -0.1) is 11.8 Å². The Morgan fingerprint density at radius 2 is 1.88 bits per heavy atom. The Morgan fingerprint density at radius 3 is 2.60 bits per heavy atom. The Kier molecular flexibility index (Phi) is 7.17. The Labute approximate surface area is 151 Å². The van der Waals surface area contributed by atoms with Gasteiger partial charge in [0.2, 0.25) is 0 Å². The molecule has 0 heterocycles. The Morgan fingerprint density at radius 1 is 1.20 bits per heavy atom. The number of methoxy groups -OCH3 is 1. The van der Waals surface area contributed by atoms with Crippen LogP contribution in [-0.4, -0.2) is 25.4 Å². The lowest BCUT2D eigenvalue weighted by atomic mass is 10.3. The zero-order valence-electron chi connectivity index (χ0n) is 14.2. The number of carbonyl (C=O) groups excluding carboxylic acids is 1. The summed E-state index contributed by atoms with van der Waals surface area (Å²) in [6.45, 7) is 1.75. The monoisotopic (exact) mass is 356 g/mol. The van der Waals surface area contributed by atoms with Gasteiger partial charge in [0.25, 0.3) is 5.91 Å². The largest absolute Gasteiger partial charge is 0.493 e. The average molecular weight is 356 g/mol. The lowest BCUT2D eigenvalue weighted by molar-refractivity contribution is -0.118. The molecule has 0 aromatic heterocycles. The van der Waals surface area contributed by atoms with Gasteiger partial charge in [-0.2, -0.15) is 5.26 Å². The number of carbonyl (C=O) groups is 1. The number of ether oxygens (including phenoxy) is 2. The second-order valence-corrected chi connectivity index (χ2v) is 6.39. The molecule has 0 aliphatic rings. The predicted octanol–water partition coefficient (Wildman–Crippen LogP) is 3.96. The molecular weight excluding hydrogens is 336 g/mol. The molecule has 0 saturated heterocycles. The fourth-order valence-corrected chi connectivity index (χ4v) is 2.97. The van der Waals surface area contributed by atoms with Crippen LogP contribution in [0.15, 0.2) is 53.4 Å². The normalized spacial score (nSPS) is 11.2. The highest BCUT2D eigenvalue weighted by atomic mass is 32.2. The molecule has 1 N–H and O–H groups in total. The molecule has 0 radical (unpaired) electrons. The van der Waals surface area contributed by atoms with Crippen LogP contribution < -0.4 is 14.8 Å². The van der Waals surface area contributed by atoms with Gasteiger partial charge in [0.05, 0.1) is 24.8 Å². The zero-order chi connectivity index (χ0) is 18.1. The number of para-hydroxylation sites is 3. The van der Waals surface area contributed by atoms with Crippen molar-refractivity contribution < 1.29 is 14.3 Å². The van der Waals surface area contributed by atoms with Crippen LogP contribution in [-0.2, 0) is 4.79 Å². The average Bonchev–Trinajstić information content (AvgIpc) is 2.65. The highest BCUT2D eigenvalue weighted by Gasteiger charge is 2.10. The number of nitrogens with one attached hydrogen (secondary N) is 1. The van der Waals surface area contributed by atoms with E-state index >= 15 is 0 Å². The number of rotatable bonds is 8. The summed E-state index contributed by atoms with van der Waals surface area (Å²) in [5, 5.41) is 11.7. The van der Waals surface area contributed by atoms with Crippen LogP contribution in [0.5, 0.6) is 11.5 Å². The summed E-state index contributed by atoms with van der Waals surface area (Å²) in [4.78, 5) is 13.1. The van der Waals surface area contributed by atoms with Crippen molar-refractivity contribution in [3.63, 3.8) is 0 Å². The van der Waals surface area contributed by atoms with E-state index in [4.69, 9.17) is 14.7 Å². The summed E-state index contributed by atoms with van der Waals surface area (Å²) >= 11 is 1.54. The molecule has 0 saturated carbocycles. The fourth-order valence-electron chi connectivity index (χ4n) is 2.02. The topological polar surface area (TPSA) is 71.3 Å².